The van der Waals surface area contributed by atoms with E-state index in [-0.39, 0.29) is 0 Å². The van der Waals surface area contributed by atoms with Crippen molar-refractivity contribution in [1.82, 2.24) is 10.2 Å². The molecule has 1 aromatic heterocycles. The maximum absolute atomic E-state index is 5.39. The Morgan fingerprint density at radius 1 is 1.15 bits per heavy atom. The molecule has 1 aliphatic carbocycles. The summed E-state index contributed by atoms with van der Waals surface area (Å²) < 4.78 is 5.39. The van der Waals surface area contributed by atoms with Gasteiger partial charge in [-0.3, -0.25) is 4.90 Å². The Kier molecular flexibility index (Phi) is 4.19. The summed E-state index contributed by atoms with van der Waals surface area (Å²) in [4.78, 5) is 2.27. The van der Waals surface area contributed by atoms with Crippen molar-refractivity contribution in [2.45, 2.75) is 38.5 Å². The maximum Gasteiger partial charge on any atom is 0.117 e. The molecule has 1 aliphatic rings. The van der Waals surface area contributed by atoms with E-state index in [1.165, 1.54) is 24.0 Å². The van der Waals surface area contributed by atoms with Crippen molar-refractivity contribution in [2.75, 3.05) is 7.05 Å². The van der Waals surface area contributed by atoms with Crippen molar-refractivity contribution in [2.24, 2.45) is 0 Å². The fourth-order valence-corrected chi connectivity index (χ4v) is 2.42. The van der Waals surface area contributed by atoms with Crippen LogP contribution in [0.25, 0.3) is 0 Å². The summed E-state index contributed by atoms with van der Waals surface area (Å²) >= 11 is 0. The molecule has 106 valence electrons. The zero-order valence-electron chi connectivity index (χ0n) is 12.0. The van der Waals surface area contributed by atoms with Gasteiger partial charge in [-0.05, 0) is 43.1 Å². The second-order valence-electron chi connectivity index (χ2n) is 5.73. The molecule has 0 spiro atoms. The molecule has 1 fully saturated rings. The van der Waals surface area contributed by atoms with Crippen LogP contribution in [0.5, 0.6) is 0 Å². The maximum atomic E-state index is 5.39. The zero-order chi connectivity index (χ0) is 13.8. The average molecular weight is 270 g/mol. The van der Waals surface area contributed by atoms with Crippen LogP contribution in [-0.4, -0.2) is 18.0 Å². The Bertz CT molecular complexity index is 532. The number of furan rings is 1. The number of benzene rings is 1. The van der Waals surface area contributed by atoms with Crippen molar-refractivity contribution >= 4 is 0 Å². The minimum Gasteiger partial charge on any atom is -0.468 e. The topological polar surface area (TPSA) is 28.4 Å². The highest BCUT2D eigenvalue weighted by atomic mass is 16.3. The van der Waals surface area contributed by atoms with E-state index < -0.39 is 0 Å². The van der Waals surface area contributed by atoms with Gasteiger partial charge in [0.05, 0.1) is 12.8 Å². The highest BCUT2D eigenvalue weighted by molar-refractivity contribution is 5.23. The van der Waals surface area contributed by atoms with Crippen LogP contribution >= 0.6 is 0 Å². The van der Waals surface area contributed by atoms with Crippen molar-refractivity contribution < 1.29 is 4.42 Å². The molecular formula is C17H22N2O. The quantitative estimate of drug-likeness (QED) is 0.837. The largest absolute Gasteiger partial charge is 0.468 e. The lowest BCUT2D eigenvalue weighted by Gasteiger charge is -2.16. The normalized spacial score (nSPS) is 14.9. The first-order valence-electron chi connectivity index (χ1n) is 7.32. The van der Waals surface area contributed by atoms with E-state index in [1.54, 1.807) is 6.26 Å². The molecule has 1 heterocycles. The molecule has 1 N–H and O–H groups in total. The van der Waals surface area contributed by atoms with Crippen LogP contribution in [0.15, 0.2) is 47.1 Å². The van der Waals surface area contributed by atoms with Crippen molar-refractivity contribution in [1.29, 1.82) is 0 Å². The first kappa shape index (κ1) is 13.4. The lowest BCUT2D eigenvalue weighted by Crippen LogP contribution is -2.18. The Morgan fingerprint density at radius 3 is 2.75 bits per heavy atom. The third-order valence-electron chi connectivity index (χ3n) is 3.62. The Hall–Kier alpha value is -1.58. The number of rotatable bonds is 7. The highest BCUT2D eigenvalue weighted by Gasteiger charge is 2.19. The summed E-state index contributed by atoms with van der Waals surface area (Å²) in [6, 6.07) is 13.6. The van der Waals surface area contributed by atoms with Gasteiger partial charge < -0.3 is 9.73 Å². The monoisotopic (exact) mass is 270 g/mol. The smallest absolute Gasteiger partial charge is 0.117 e. The standard InChI is InChI=1S/C17H22N2O/c1-19(13-17-6-3-9-20-17)12-15-5-2-4-14(10-15)11-18-16-7-8-16/h2-6,9-10,16,18H,7-8,11-13H2,1H3. The van der Waals surface area contributed by atoms with Crippen LogP contribution in [0.2, 0.25) is 0 Å². The van der Waals surface area contributed by atoms with E-state index in [4.69, 9.17) is 4.42 Å². The zero-order valence-corrected chi connectivity index (χ0v) is 12.0. The molecule has 20 heavy (non-hydrogen) atoms. The number of hydrogen-bond donors (Lipinski definition) is 1. The molecule has 0 aliphatic heterocycles. The van der Waals surface area contributed by atoms with E-state index >= 15 is 0 Å². The van der Waals surface area contributed by atoms with Gasteiger partial charge in [-0.15, -0.1) is 0 Å². The number of nitrogens with zero attached hydrogens (tertiary/aromatic N) is 1. The Morgan fingerprint density at radius 2 is 2.00 bits per heavy atom. The van der Waals surface area contributed by atoms with E-state index in [0.29, 0.717) is 0 Å². The summed E-state index contributed by atoms with van der Waals surface area (Å²) in [5, 5.41) is 3.56. The molecule has 3 nitrogen and oxygen atoms in total. The van der Waals surface area contributed by atoms with Gasteiger partial charge in [0, 0.05) is 19.1 Å². The molecule has 0 bridgehead atoms. The van der Waals surface area contributed by atoms with Crippen molar-refractivity contribution in [3.05, 3.63) is 59.5 Å². The molecule has 0 saturated heterocycles. The van der Waals surface area contributed by atoms with Gasteiger partial charge in [0.15, 0.2) is 0 Å². The summed E-state index contributed by atoms with van der Waals surface area (Å²) in [7, 11) is 2.12. The average Bonchev–Trinajstić information content (AvgIpc) is 3.14. The van der Waals surface area contributed by atoms with Gasteiger partial charge in [-0.25, -0.2) is 0 Å². The second-order valence-corrected chi connectivity index (χ2v) is 5.73. The summed E-state index contributed by atoms with van der Waals surface area (Å²) in [6.07, 6.45) is 4.41. The highest BCUT2D eigenvalue weighted by Crippen LogP contribution is 2.19. The van der Waals surface area contributed by atoms with Crippen LogP contribution in [0, 0.1) is 0 Å². The van der Waals surface area contributed by atoms with E-state index in [1.807, 2.05) is 12.1 Å². The Labute approximate surface area is 120 Å². The fraction of sp³-hybridized carbons (Fsp3) is 0.412. The van der Waals surface area contributed by atoms with Crippen LogP contribution in [0.4, 0.5) is 0 Å². The predicted octanol–water partition coefficient (Wildman–Crippen LogP) is 3.16. The van der Waals surface area contributed by atoms with Gasteiger partial charge >= 0.3 is 0 Å². The summed E-state index contributed by atoms with van der Waals surface area (Å²) in [5.74, 6) is 1.01. The number of nitrogens with one attached hydrogen (secondary N) is 1. The first-order chi connectivity index (χ1) is 9.79. The molecule has 0 atom stereocenters. The van der Waals surface area contributed by atoms with Crippen LogP contribution in [-0.2, 0) is 19.6 Å². The van der Waals surface area contributed by atoms with E-state index in [0.717, 1.165) is 31.4 Å². The van der Waals surface area contributed by atoms with E-state index in [2.05, 4.69) is 41.5 Å². The molecule has 3 rings (SSSR count). The Balaban J connectivity index is 1.54. The summed E-state index contributed by atoms with van der Waals surface area (Å²) in [5.41, 5.74) is 2.73. The van der Waals surface area contributed by atoms with Gasteiger partial charge in [0.25, 0.3) is 0 Å². The lowest BCUT2D eigenvalue weighted by atomic mass is 10.1. The molecule has 1 aromatic carbocycles. The van der Waals surface area contributed by atoms with Crippen LogP contribution < -0.4 is 5.32 Å². The molecule has 0 unspecified atom stereocenters. The summed E-state index contributed by atoms with van der Waals surface area (Å²) in [6.45, 7) is 2.77. The van der Waals surface area contributed by atoms with Gasteiger partial charge in [0.2, 0.25) is 0 Å². The van der Waals surface area contributed by atoms with Crippen molar-refractivity contribution in [3.8, 4) is 0 Å². The third kappa shape index (κ3) is 3.95. The van der Waals surface area contributed by atoms with Crippen LogP contribution in [0.3, 0.4) is 0 Å². The minimum absolute atomic E-state index is 0.764. The number of hydrogen-bond acceptors (Lipinski definition) is 3. The SMILES string of the molecule is CN(Cc1cccc(CNC2CC2)c1)Cc1ccco1. The van der Waals surface area contributed by atoms with E-state index in [9.17, 15) is 0 Å². The molecule has 1 saturated carbocycles. The second kappa shape index (κ2) is 6.25. The minimum atomic E-state index is 0.764. The molecule has 3 heteroatoms. The van der Waals surface area contributed by atoms with Gasteiger partial charge in [-0.1, -0.05) is 24.3 Å². The third-order valence-corrected chi connectivity index (χ3v) is 3.62. The molecule has 0 amide bonds. The predicted molar refractivity (Wildman–Crippen MR) is 80.2 cm³/mol. The first-order valence-corrected chi connectivity index (χ1v) is 7.32. The lowest BCUT2D eigenvalue weighted by molar-refractivity contribution is 0.288. The van der Waals surface area contributed by atoms with Gasteiger partial charge in [0.1, 0.15) is 5.76 Å². The molecule has 0 radical (unpaired) electrons. The molecule has 2 aromatic rings. The van der Waals surface area contributed by atoms with Crippen molar-refractivity contribution in [3.63, 3.8) is 0 Å². The van der Waals surface area contributed by atoms with Gasteiger partial charge in [-0.2, -0.15) is 0 Å². The van der Waals surface area contributed by atoms with Crippen LogP contribution in [0.1, 0.15) is 29.7 Å². The molecular weight excluding hydrogens is 248 g/mol. The fourth-order valence-electron chi connectivity index (χ4n) is 2.42.